The van der Waals surface area contributed by atoms with E-state index in [1.807, 2.05) is 54.9 Å². The van der Waals surface area contributed by atoms with Gasteiger partial charge in [0.15, 0.2) is 5.65 Å². The minimum Gasteiger partial charge on any atom is -0.497 e. The number of hydrogen-bond acceptors (Lipinski definition) is 5. The maximum absolute atomic E-state index is 5.29. The molecule has 6 nitrogen and oxygen atoms in total. The van der Waals surface area contributed by atoms with Gasteiger partial charge in [-0.2, -0.15) is 0 Å². The van der Waals surface area contributed by atoms with Crippen LogP contribution in [-0.2, 0) is 6.42 Å². The first-order valence-corrected chi connectivity index (χ1v) is 9.60. The number of fused-ring (bicyclic) bond motifs is 1. The number of benzene rings is 2. The molecule has 0 bridgehead atoms. The highest BCUT2D eigenvalue weighted by Crippen LogP contribution is 2.28. The van der Waals surface area contributed by atoms with Gasteiger partial charge < -0.3 is 14.0 Å². The number of ether oxygens (including phenoxy) is 2. The van der Waals surface area contributed by atoms with Crippen LogP contribution in [0.25, 0.3) is 22.4 Å². The second-order valence-electron chi connectivity index (χ2n) is 7.16. The van der Waals surface area contributed by atoms with Crippen LogP contribution in [0.15, 0.2) is 54.9 Å². The molecule has 0 aliphatic rings. The summed E-state index contributed by atoms with van der Waals surface area (Å²) in [6.07, 6.45) is 2.47. The number of imidazole rings is 1. The topological polar surface area (TPSA) is 62.1 Å². The van der Waals surface area contributed by atoms with Crippen LogP contribution in [0, 0.1) is 0 Å². The van der Waals surface area contributed by atoms with Crippen LogP contribution < -0.4 is 9.47 Å². The van der Waals surface area contributed by atoms with E-state index in [1.165, 1.54) is 0 Å². The molecule has 29 heavy (non-hydrogen) atoms. The summed E-state index contributed by atoms with van der Waals surface area (Å²) in [7, 11) is 3.33. The maximum atomic E-state index is 5.29. The Morgan fingerprint density at radius 2 is 1.48 bits per heavy atom. The molecule has 2 heterocycles. The lowest BCUT2D eigenvalue weighted by Crippen LogP contribution is -2.05. The van der Waals surface area contributed by atoms with Gasteiger partial charge in [0, 0.05) is 18.0 Å². The third kappa shape index (κ3) is 3.78. The van der Waals surface area contributed by atoms with Gasteiger partial charge in [-0.1, -0.05) is 12.1 Å². The maximum Gasteiger partial charge on any atom is 0.164 e. The van der Waals surface area contributed by atoms with E-state index in [0.29, 0.717) is 6.42 Å². The van der Waals surface area contributed by atoms with Crippen molar-refractivity contribution in [2.75, 3.05) is 14.2 Å². The molecule has 0 saturated carbocycles. The van der Waals surface area contributed by atoms with Crippen LogP contribution in [0.1, 0.15) is 31.3 Å². The van der Waals surface area contributed by atoms with Crippen molar-refractivity contribution in [2.24, 2.45) is 0 Å². The van der Waals surface area contributed by atoms with E-state index in [2.05, 4.69) is 23.4 Å². The van der Waals surface area contributed by atoms with Gasteiger partial charge >= 0.3 is 0 Å². The monoisotopic (exact) mass is 388 g/mol. The van der Waals surface area contributed by atoms with Gasteiger partial charge in [0.25, 0.3) is 0 Å². The van der Waals surface area contributed by atoms with Gasteiger partial charge in [0.1, 0.15) is 28.5 Å². The Morgan fingerprint density at radius 3 is 2.07 bits per heavy atom. The van der Waals surface area contributed by atoms with Crippen molar-refractivity contribution in [3.8, 4) is 22.8 Å². The summed E-state index contributed by atoms with van der Waals surface area (Å²) in [5, 5.41) is 0. The molecule has 0 saturated heterocycles. The van der Waals surface area contributed by atoms with Crippen molar-refractivity contribution < 1.29 is 9.47 Å². The van der Waals surface area contributed by atoms with Crippen LogP contribution >= 0.6 is 0 Å². The molecular formula is C23H24N4O2. The molecule has 0 spiro atoms. The standard InChI is InChI=1S/C23H24N4O2/c1-15(2)27-14-24-22-21(17-7-11-19(29-4)12-8-17)25-20(26-23(22)27)13-16-5-9-18(28-3)10-6-16/h5-12,14-15H,13H2,1-4H3. The van der Waals surface area contributed by atoms with E-state index in [4.69, 9.17) is 19.4 Å². The minimum absolute atomic E-state index is 0.257. The molecule has 4 rings (SSSR count). The molecule has 0 aliphatic carbocycles. The lowest BCUT2D eigenvalue weighted by Gasteiger charge is -2.11. The summed E-state index contributed by atoms with van der Waals surface area (Å²) in [4.78, 5) is 14.3. The second kappa shape index (κ2) is 7.91. The molecule has 2 aromatic heterocycles. The highest BCUT2D eigenvalue weighted by atomic mass is 16.5. The van der Waals surface area contributed by atoms with Crippen molar-refractivity contribution >= 4 is 11.2 Å². The second-order valence-corrected chi connectivity index (χ2v) is 7.16. The summed E-state index contributed by atoms with van der Waals surface area (Å²) in [5.41, 5.74) is 4.61. The number of hydrogen-bond donors (Lipinski definition) is 0. The van der Waals surface area contributed by atoms with Crippen LogP contribution in [0.4, 0.5) is 0 Å². The zero-order valence-corrected chi connectivity index (χ0v) is 17.1. The summed E-state index contributed by atoms with van der Waals surface area (Å²) in [6.45, 7) is 4.25. The van der Waals surface area contributed by atoms with E-state index >= 15 is 0 Å². The van der Waals surface area contributed by atoms with Gasteiger partial charge in [0.2, 0.25) is 0 Å². The predicted molar refractivity (Wildman–Crippen MR) is 113 cm³/mol. The van der Waals surface area contributed by atoms with Gasteiger partial charge in [0.05, 0.1) is 20.5 Å². The average molecular weight is 388 g/mol. The highest BCUT2D eigenvalue weighted by Gasteiger charge is 2.16. The first kappa shape index (κ1) is 18.9. The van der Waals surface area contributed by atoms with Gasteiger partial charge in [-0.05, 0) is 55.8 Å². The van der Waals surface area contributed by atoms with Crippen molar-refractivity contribution in [3.05, 3.63) is 66.2 Å². The number of methoxy groups -OCH3 is 2. The zero-order chi connectivity index (χ0) is 20.4. The van der Waals surface area contributed by atoms with Crippen LogP contribution in [0.5, 0.6) is 11.5 Å². The molecule has 0 fully saturated rings. The summed E-state index contributed by atoms with van der Waals surface area (Å²) in [6, 6.07) is 16.1. The average Bonchev–Trinajstić information content (AvgIpc) is 3.18. The molecule has 2 aromatic carbocycles. The third-order valence-electron chi connectivity index (χ3n) is 4.91. The minimum atomic E-state index is 0.257. The molecule has 0 radical (unpaired) electrons. The van der Waals surface area contributed by atoms with Gasteiger partial charge in [-0.25, -0.2) is 15.0 Å². The van der Waals surface area contributed by atoms with Crippen molar-refractivity contribution in [2.45, 2.75) is 26.3 Å². The highest BCUT2D eigenvalue weighted by molar-refractivity contribution is 5.87. The van der Waals surface area contributed by atoms with Crippen molar-refractivity contribution in [3.63, 3.8) is 0 Å². The SMILES string of the molecule is COc1ccc(Cc2nc(-c3ccc(OC)cc3)c3ncn(C(C)C)c3n2)cc1. The smallest absolute Gasteiger partial charge is 0.164 e. The molecule has 0 amide bonds. The first-order valence-electron chi connectivity index (χ1n) is 9.60. The quantitative estimate of drug-likeness (QED) is 0.480. The predicted octanol–water partition coefficient (Wildman–Crippen LogP) is 4.68. The molecule has 6 heteroatoms. The number of rotatable bonds is 6. The lowest BCUT2D eigenvalue weighted by molar-refractivity contribution is 0.414. The summed E-state index contributed by atoms with van der Waals surface area (Å²) in [5.74, 6) is 2.41. The molecule has 0 atom stereocenters. The number of nitrogens with zero attached hydrogens (tertiary/aromatic N) is 4. The van der Waals surface area contributed by atoms with Crippen LogP contribution in [0.3, 0.4) is 0 Å². The van der Waals surface area contributed by atoms with Crippen LogP contribution in [0.2, 0.25) is 0 Å². The summed E-state index contributed by atoms with van der Waals surface area (Å²) >= 11 is 0. The molecule has 4 aromatic rings. The Hall–Kier alpha value is -3.41. The number of aromatic nitrogens is 4. The van der Waals surface area contributed by atoms with E-state index in [1.54, 1.807) is 14.2 Å². The van der Waals surface area contributed by atoms with E-state index < -0.39 is 0 Å². The molecular weight excluding hydrogens is 364 g/mol. The van der Waals surface area contributed by atoms with E-state index in [9.17, 15) is 0 Å². The van der Waals surface area contributed by atoms with Crippen LogP contribution in [-0.4, -0.2) is 33.7 Å². The van der Waals surface area contributed by atoms with Gasteiger partial charge in [-0.3, -0.25) is 0 Å². The lowest BCUT2D eigenvalue weighted by atomic mass is 10.1. The fourth-order valence-corrected chi connectivity index (χ4v) is 3.29. The normalized spacial score (nSPS) is 11.2. The first-order chi connectivity index (χ1) is 14.1. The fourth-order valence-electron chi connectivity index (χ4n) is 3.29. The molecule has 0 unspecified atom stereocenters. The Balaban J connectivity index is 1.82. The Morgan fingerprint density at radius 1 is 0.862 bits per heavy atom. The fraction of sp³-hybridized carbons (Fsp3) is 0.261. The largest absolute Gasteiger partial charge is 0.497 e. The Labute approximate surface area is 170 Å². The van der Waals surface area contributed by atoms with E-state index in [-0.39, 0.29) is 6.04 Å². The Kier molecular flexibility index (Phi) is 5.16. The Bertz CT molecular complexity index is 1120. The molecule has 0 aliphatic heterocycles. The zero-order valence-electron chi connectivity index (χ0n) is 17.1. The van der Waals surface area contributed by atoms with E-state index in [0.717, 1.165) is 45.3 Å². The molecule has 0 N–H and O–H groups in total. The summed E-state index contributed by atoms with van der Waals surface area (Å²) < 4.78 is 12.6. The van der Waals surface area contributed by atoms with Crippen molar-refractivity contribution in [1.29, 1.82) is 0 Å². The van der Waals surface area contributed by atoms with Gasteiger partial charge in [-0.15, -0.1) is 0 Å². The van der Waals surface area contributed by atoms with Crippen molar-refractivity contribution in [1.82, 2.24) is 19.5 Å². The third-order valence-corrected chi connectivity index (χ3v) is 4.91. The molecule has 148 valence electrons.